The van der Waals surface area contributed by atoms with Crippen LogP contribution < -0.4 is 0 Å². The quantitative estimate of drug-likeness (QED) is 0.392. The van der Waals surface area contributed by atoms with Crippen molar-refractivity contribution < 1.29 is 20.1 Å². The standard InChI is InChI=1S/C5H9ClO4/c6-5-4(9)3(8)2(7)1-10-5/h2-5,7-9H,1H2/t2-,3+,4-,5+/m1/s1. The Labute approximate surface area is 63.0 Å². The summed E-state index contributed by atoms with van der Waals surface area (Å²) in [5, 5.41) is 26.8. The first-order chi connectivity index (χ1) is 4.63. The van der Waals surface area contributed by atoms with Crippen LogP contribution >= 0.6 is 11.6 Å². The number of rotatable bonds is 0. The molecule has 0 aromatic carbocycles. The maximum atomic E-state index is 8.95. The summed E-state index contributed by atoms with van der Waals surface area (Å²) in [6.45, 7) is -0.0353. The zero-order valence-electron chi connectivity index (χ0n) is 5.14. The Morgan fingerprint density at radius 2 is 1.80 bits per heavy atom. The van der Waals surface area contributed by atoms with Gasteiger partial charge >= 0.3 is 0 Å². The molecule has 1 heterocycles. The fourth-order valence-electron chi connectivity index (χ4n) is 0.770. The van der Waals surface area contributed by atoms with Crippen LogP contribution in [0.3, 0.4) is 0 Å². The van der Waals surface area contributed by atoms with E-state index >= 15 is 0 Å². The molecule has 4 atom stereocenters. The average Bonchev–Trinajstić information content (AvgIpc) is 1.93. The van der Waals surface area contributed by atoms with Gasteiger partial charge in [0, 0.05) is 0 Å². The molecule has 0 saturated carbocycles. The van der Waals surface area contributed by atoms with Crippen molar-refractivity contribution in [3.05, 3.63) is 0 Å². The third kappa shape index (κ3) is 1.41. The molecule has 0 aliphatic carbocycles. The molecule has 5 heteroatoms. The van der Waals surface area contributed by atoms with Crippen LogP contribution in [0.4, 0.5) is 0 Å². The van der Waals surface area contributed by atoms with Crippen molar-refractivity contribution in [3.63, 3.8) is 0 Å². The normalized spacial score (nSPS) is 49.2. The number of aliphatic hydroxyl groups is 3. The number of ether oxygens (including phenoxy) is 1. The highest BCUT2D eigenvalue weighted by Crippen LogP contribution is 2.17. The van der Waals surface area contributed by atoms with E-state index in [4.69, 9.17) is 26.9 Å². The Bertz CT molecular complexity index is 106. The van der Waals surface area contributed by atoms with Gasteiger partial charge in [-0.2, -0.15) is 0 Å². The second-order valence-electron chi connectivity index (χ2n) is 2.23. The lowest BCUT2D eigenvalue weighted by atomic mass is 10.1. The van der Waals surface area contributed by atoms with Crippen LogP contribution in [0, 0.1) is 0 Å². The first kappa shape index (κ1) is 8.23. The Kier molecular flexibility index (Phi) is 2.49. The van der Waals surface area contributed by atoms with E-state index in [2.05, 4.69) is 4.74 Å². The number of halogens is 1. The molecule has 0 aromatic heterocycles. The maximum Gasteiger partial charge on any atom is 0.159 e. The molecule has 1 fully saturated rings. The first-order valence-corrected chi connectivity index (χ1v) is 3.36. The van der Waals surface area contributed by atoms with E-state index in [1.807, 2.05) is 0 Å². The molecule has 0 unspecified atom stereocenters. The molecule has 0 amide bonds. The Hall–Kier alpha value is 0.130. The minimum Gasteiger partial charge on any atom is -0.388 e. The van der Waals surface area contributed by atoms with E-state index < -0.39 is 23.9 Å². The molecule has 1 rings (SSSR count). The van der Waals surface area contributed by atoms with Crippen molar-refractivity contribution in [1.82, 2.24) is 0 Å². The SMILES string of the molecule is O[C@@H]1[C@@H](O)[C@@H](Cl)OC[C@H]1O. The van der Waals surface area contributed by atoms with Crippen molar-refractivity contribution in [2.45, 2.75) is 23.9 Å². The fourth-order valence-corrected chi connectivity index (χ4v) is 0.992. The van der Waals surface area contributed by atoms with Gasteiger partial charge in [0.05, 0.1) is 6.61 Å². The van der Waals surface area contributed by atoms with Gasteiger partial charge in [0.15, 0.2) is 5.56 Å². The van der Waals surface area contributed by atoms with Crippen LogP contribution in [0.15, 0.2) is 0 Å². The van der Waals surface area contributed by atoms with Crippen molar-refractivity contribution in [1.29, 1.82) is 0 Å². The first-order valence-electron chi connectivity index (χ1n) is 2.93. The molecular weight excluding hydrogens is 160 g/mol. The van der Waals surface area contributed by atoms with Gasteiger partial charge in [-0.15, -0.1) is 0 Å². The Morgan fingerprint density at radius 3 is 2.30 bits per heavy atom. The fraction of sp³-hybridized carbons (Fsp3) is 1.00. The summed E-state index contributed by atoms with van der Waals surface area (Å²) >= 11 is 5.38. The number of hydrogen-bond acceptors (Lipinski definition) is 4. The molecule has 0 radical (unpaired) electrons. The molecule has 1 saturated heterocycles. The third-order valence-electron chi connectivity index (χ3n) is 1.44. The Morgan fingerprint density at radius 1 is 1.20 bits per heavy atom. The highest BCUT2D eigenvalue weighted by molar-refractivity contribution is 6.20. The van der Waals surface area contributed by atoms with Gasteiger partial charge in [0.25, 0.3) is 0 Å². The summed E-state index contributed by atoms with van der Waals surface area (Å²) in [5.74, 6) is 0. The topological polar surface area (TPSA) is 69.9 Å². The minimum atomic E-state index is -1.20. The Balaban J connectivity index is 2.52. The lowest BCUT2D eigenvalue weighted by Gasteiger charge is -2.31. The minimum absolute atomic E-state index is 0.0353. The monoisotopic (exact) mass is 168 g/mol. The van der Waals surface area contributed by atoms with E-state index in [0.717, 1.165) is 0 Å². The summed E-state index contributed by atoms with van der Waals surface area (Å²) in [5.41, 5.74) is -0.918. The molecule has 0 aromatic rings. The molecule has 60 valence electrons. The molecule has 1 aliphatic rings. The van der Waals surface area contributed by atoms with E-state index in [1.54, 1.807) is 0 Å². The zero-order valence-corrected chi connectivity index (χ0v) is 5.90. The predicted molar refractivity (Wildman–Crippen MR) is 33.6 cm³/mol. The van der Waals surface area contributed by atoms with E-state index in [1.165, 1.54) is 0 Å². The van der Waals surface area contributed by atoms with Gasteiger partial charge in [-0.25, -0.2) is 0 Å². The van der Waals surface area contributed by atoms with Gasteiger partial charge in [0.1, 0.15) is 18.3 Å². The molecule has 10 heavy (non-hydrogen) atoms. The van der Waals surface area contributed by atoms with Crippen molar-refractivity contribution in [2.24, 2.45) is 0 Å². The summed E-state index contributed by atoms with van der Waals surface area (Å²) in [4.78, 5) is 0. The second-order valence-corrected chi connectivity index (χ2v) is 2.66. The third-order valence-corrected chi connectivity index (χ3v) is 1.82. The summed E-state index contributed by atoms with van der Waals surface area (Å²) in [6.07, 6.45) is -3.44. The van der Waals surface area contributed by atoms with E-state index in [0.29, 0.717) is 0 Å². The van der Waals surface area contributed by atoms with Crippen LogP contribution in [-0.2, 0) is 4.74 Å². The van der Waals surface area contributed by atoms with Crippen molar-refractivity contribution >= 4 is 11.6 Å². The smallest absolute Gasteiger partial charge is 0.159 e. The predicted octanol–water partition coefficient (Wildman–Crippen LogP) is -1.34. The van der Waals surface area contributed by atoms with Gasteiger partial charge < -0.3 is 20.1 Å². The van der Waals surface area contributed by atoms with Gasteiger partial charge in [0.2, 0.25) is 0 Å². The summed E-state index contributed by atoms with van der Waals surface area (Å²) in [7, 11) is 0. The molecule has 0 bridgehead atoms. The largest absolute Gasteiger partial charge is 0.388 e. The van der Waals surface area contributed by atoms with Crippen molar-refractivity contribution in [2.75, 3.05) is 6.61 Å². The zero-order chi connectivity index (χ0) is 7.72. The molecule has 1 aliphatic heterocycles. The van der Waals surface area contributed by atoms with Crippen LogP contribution in [-0.4, -0.2) is 45.8 Å². The molecule has 0 spiro atoms. The lowest BCUT2D eigenvalue weighted by molar-refractivity contribution is -0.163. The van der Waals surface area contributed by atoms with Crippen molar-refractivity contribution in [3.8, 4) is 0 Å². The van der Waals surface area contributed by atoms with Crippen LogP contribution in [0.1, 0.15) is 0 Å². The maximum absolute atomic E-state index is 8.95. The highest BCUT2D eigenvalue weighted by Gasteiger charge is 2.36. The number of aliphatic hydroxyl groups excluding tert-OH is 3. The summed E-state index contributed by atoms with van der Waals surface area (Å²) < 4.78 is 4.68. The lowest BCUT2D eigenvalue weighted by Crippen LogP contribution is -2.50. The summed E-state index contributed by atoms with van der Waals surface area (Å²) in [6, 6.07) is 0. The molecule has 4 nitrogen and oxygen atoms in total. The molecular formula is C5H9ClO4. The molecule has 3 N–H and O–H groups in total. The second kappa shape index (κ2) is 3.02. The number of hydrogen-bond donors (Lipinski definition) is 3. The number of alkyl halides is 1. The van der Waals surface area contributed by atoms with E-state index in [-0.39, 0.29) is 6.61 Å². The van der Waals surface area contributed by atoms with E-state index in [9.17, 15) is 0 Å². The average molecular weight is 169 g/mol. The van der Waals surface area contributed by atoms with Crippen LogP contribution in [0.2, 0.25) is 0 Å². The van der Waals surface area contributed by atoms with Crippen LogP contribution in [0.5, 0.6) is 0 Å². The van der Waals surface area contributed by atoms with Gasteiger partial charge in [-0.1, -0.05) is 11.6 Å². The van der Waals surface area contributed by atoms with Gasteiger partial charge in [-0.05, 0) is 0 Å². The van der Waals surface area contributed by atoms with Crippen LogP contribution in [0.25, 0.3) is 0 Å². The highest BCUT2D eigenvalue weighted by atomic mass is 35.5. The van der Waals surface area contributed by atoms with Gasteiger partial charge in [-0.3, -0.25) is 0 Å².